The van der Waals surface area contributed by atoms with Gasteiger partial charge in [0.1, 0.15) is 23.9 Å². The van der Waals surface area contributed by atoms with Crippen LogP contribution in [0.15, 0.2) is 48.7 Å². The molecule has 1 N–H and O–H groups in total. The van der Waals surface area contributed by atoms with Crippen molar-refractivity contribution in [2.45, 2.75) is 26.5 Å². The second kappa shape index (κ2) is 6.24. The van der Waals surface area contributed by atoms with E-state index in [1.54, 1.807) is 19.2 Å². The van der Waals surface area contributed by atoms with E-state index in [0.29, 0.717) is 12.6 Å². The zero-order chi connectivity index (χ0) is 16.4. The molecule has 0 saturated heterocycles. The van der Waals surface area contributed by atoms with Crippen molar-refractivity contribution < 1.29 is 14.6 Å². The molecule has 0 saturated carbocycles. The summed E-state index contributed by atoms with van der Waals surface area (Å²) < 4.78 is 13.2. The highest BCUT2D eigenvalue weighted by atomic mass is 16.5. The van der Waals surface area contributed by atoms with E-state index in [-0.39, 0.29) is 5.75 Å². The van der Waals surface area contributed by atoms with Crippen LogP contribution in [0.2, 0.25) is 0 Å². The third kappa shape index (κ3) is 3.11. The fourth-order valence-electron chi connectivity index (χ4n) is 2.69. The maximum atomic E-state index is 9.78. The van der Waals surface area contributed by atoms with Gasteiger partial charge in [-0.2, -0.15) is 0 Å². The van der Waals surface area contributed by atoms with E-state index >= 15 is 0 Å². The summed E-state index contributed by atoms with van der Waals surface area (Å²) in [7, 11) is 1.64. The molecule has 0 aliphatic heterocycles. The van der Waals surface area contributed by atoms with E-state index < -0.39 is 0 Å². The van der Waals surface area contributed by atoms with Gasteiger partial charge in [0.05, 0.1) is 7.11 Å². The zero-order valence-electron chi connectivity index (χ0n) is 13.6. The number of phenolic OH excluding ortho intramolecular Hbond substituents is 1. The molecular weight excluding hydrogens is 290 g/mol. The summed E-state index contributed by atoms with van der Waals surface area (Å²) in [5.41, 5.74) is 2.16. The van der Waals surface area contributed by atoms with Gasteiger partial charge < -0.3 is 19.1 Å². The number of phenols is 1. The lowest BCUT2D eigenvalue weighted by Gasteiger charge is -2.08. The summed E-state index contributed by atoms with van der Waals surface area (Å²) in [6.45, 7) is 4.73. The summed E-state index contributed by atoms with van der Waals surface area (Å²) in [6.07, 6.45) is 2.10. The number of methoxy groups -OCH3 is 1. The van der Waals surface area contributed by atoms with Gasteiger partial charge in [-0.25, -0.2) is 0 Å². The smallest absolute Gasteiger partial charge is 0.120 e. The molecule has 1 aromatic heterocycles. The van der Waals surface area contributed by atoms with Crippen molar-refractivity contribution in [3.05, 3.63) is 54.2 Å². The van der Waals surface area contributed by atoms with E-state index in [9.17, 15) is 5.11 Å². The highest BCUT2D eigenvalue weighted by molar-refractivity contribution is 5.85. The lowest BCUT2D eigenvalue weighted by atomic mass is 10.2. The maximum Gasteiger partial charge on any atom is 0.120 e. The molecule has 0 spiro atoms. The first-order valence-corrected chi connectivity index (χ1v) is 7.68. The first kappa shape index (κ1) is 15.3. The van der Waals surface area contributed by atoms with Gasteiger partial charge >= 0.3 is 0 Å². The molecule has 3 aromatic rings. The standard InChI is InChI=1S/C19H21NO3/c1-13(2)20-11-14(18-10-15(21)4-9-19(18)20)12-23-17-7-5-16(22-3)6-8-17/h4-11,13,21H,12H2,1-3H3. The number of benzene rings is 2. The number of aromatic hydroxyl groups is 1. The van der Waals surface area contributed by atoms with Gasteiger partial charge in [0.2, 0.25) is 0 Å². The summed E-state index contributed by atoms with van der Waals surface area (Å²) in [5.74, 6) is 1.86. The first-order chi connectivity index (χ1) is 11.1. The number of hydrogen-bond acceptors (Lipinski definition) is 3. The van der Waals surface area contributed by atoms with Gasteiger partial charge in [0.15, 0.2) is 0 Å². The average Bonchev–Trinajstić information content (AvgIpc) is 2.91. The minimum Gasteiger partial charge on any atom is -0.508 e. The predicted octanol–water partition coefficient (Wildman–Crippen LogP) is 4.52. The van der Waals surface area contributed by atoms with Gasteiger partial charge in [-0.1, -0.05) is 0 Å². The molecule has 0 fully saturated rings. The second-order valence-electron chi connectivity index (χ2n) is 5.82. The Morgan fingerprint density at radius 2 is 1.74 bits per heavy atom. The summed E-state index contributed by atoms with van der Waals surface area (Å²) in [4.78, 5) is 0. The van der Waals surface area contributed by atoms with Gasteiger partial charge in [-0.3, -0.25) is 0 Å². The molecule has 1 heterocycles. The van der Waals surface area contributed by atoms with Crippen LogP contribution >= 0.6 is 0 Å². The van der Waals surface area contributed by atoms with Crippen LogP contribution in [0, 0.1) is 0 Å². The van der Waals surface area contributed by atoms with Crippen LogP contribution < -0.4 is 9.47 Å². The van der Waals surface area contributed by atoms with Crippen molar-refractivity contribution in [3.63, 3.8) is 0 Å². The Morgan fingerprint density at radius 3 is 2.39 bits per heavy atom. The topological polar surface area (TPSA) is 43.6 Å². The average molecular weight is 311 g/mol. The minimum atomic E-state index is 0.268. The monoisotopic (exact) mass is 311 g/mol. The van der Waals surface area contributed by atoms with E-state index in [1.807, 2.05) is 30.3 Å². The van der Waals surface area contributed by atoms with Crippen molar-refractivity contribution in [1.82, 2.24) is 4.57 Å². The largest absolute Gasteiger partial charge is 0.508 e. The van der Waals surface area contributed by atoms with E-state index in [1.165, 1.54) is 0 Å². The van der Waals surface area contributed by atoms with Crippen LogP contribution in [0.25, 0.3) is 10.9 Å². The van der Waals surface area contributed by atoms with Crippen molar-refractivity contribution >= 4 is 10.9 Å². The Labute approximate surface area is 135 Å². The number of ether oxygens (including phenoxy) is 2. The Balaban J connectivity index is 1.88. The third-order valence-corrected chi connectivity index (χ3v) is 3.91. The minimum absolute atomic E-state index is 0.268. The quantitative estimate of drug-likeness (QED) is 0.753. The number of aromatic nitrogens is 1. The summed E-state index contributed by atoms with van der Waals surface area (Å²) >= 11 is 0. The molecular formula is C19H21NO3. The Morgan fingerprint density at radius 1 is 1.04 bits per heavy atom. The molecule has 4 nitrogen and oxygen atoms in total. The van der Waals surface area contributed by atoms with Crippen LogP contribution in [0.4, 0.5) is 0 Å². The van der Waals surface area contributed by atoms with Gasteiger partial charge in [-0.15, -0.1) is 0 Å². The van der Waals surface area contributed by atoms with Crippen molar-refractivity contribution in [2.24, 2.45) is 0 Å². The molecule has 0 radical (unpaired) electrons. The molecule has 3 rings (SSSR count). The number of hydrogen-bond donors (Lipinski definition) is 1. The van der Waals surface area contributed by atoms with Crippen LogP contribution in [0.1, 0.15) is 25.5 Å². The third-order valence-electron chi connectivity index (χ3n) is 3.91. The fraction of sp³-hybridized carbons (Fsp3) is 0.263. The molecule has 0 aliphatic rings. The zero-order valence-corrected chi connectivity index (χ0v) is 13.6. The molecule has 0 atom stereocenters. The number of nitrogens with zero attached hydrogens (tertiary/aromatic N) is 1. The first-order valence-electron chi connectivity index (χ1n) is 7.68. The SMILES string of the molecule is COc1ccc(OCc2cn(C(C)C)c3ccc(O)cc23)cc1. The molecule has 2 aromatic carbocycles. The molecule has 0 bridgehead atoms. The Bertz CT molecular complexity index is 803. The van der Waals surface area contributed by atoms with Gasteiger partial charge in [0, 0.05) is 28.7 Å². The lowest BCUT2D eigenvalue weighted by Crippen LogP contribution is -1.98. The Kier molecular flexibility index (Phi) is 4.15. The van der Waals surface area contributed by atoms with Crippen molar-refractivity contribution in [1.29, 1.82) is 0 Å². The van der Waals surface area contributed by atoms with Crippen LogP contribution in [-0.2, 0) is 6.61 Å². The maximum absolute atomic E-state index is 9.78. The highest BCUT2D eigenvalue weighted by Gasteiger charge is 2.12. The van der Waals surface area contributed by atoms with E-state index in [0.717, 1.165) is 28.0 Å². The van der Waals surface area contributed by atoms with Crippen LogP contribution in [0.3, 0.4) is 0 Å². The number of rotatable bonds is 5. The van der Waals surface area contributed by atoms with Gasteiger partial charge in [0.25, 0.3) is 0 Å². The molecule has 0 unspecified atom stereocenters. The molecule has 23 heavy (non-hydrogen) atoms. The highest BCUT2D eigenvalue weighted by Crippen LogP contribution is 2.29. The summed E-state index contributed by atoms with van der Waals surface area (Å²) in [5, 5.41) is 10.8. The normalized spacial score (nSPS) is 11.1. The number of fused-ring (bicyclic) bond motifs is 1. The molecule has 0 aliphatic carbocycles. The molecule has 4 heteroatoms. The van der Waals surface area contributed by atoms with Crippen LogP contribution in [-0.4, -0.2) is 16.8 Å². The second-order valence-corrected chi connectivity index (χ2v) is 5.82. The van der Waals surface area contributed by atoms with Crippen molar-refractivity contribution in [2.75, 3.05) is 7.11 Å². The van der Waals surface area contributed by atoms with Gasteiger partial charge in [-0.05, 0) is 56.3 Å². The van der Waals surface area contributed by atoms with E-state index in [4.69, 9.17) is 9.47 Å². The Hall–Kier alpha value is -2.62. The van der Waals surface area contributed by atoms with E-state index in [2.05, 4.69) is 24.6 Å². The molecule has 0 amide bonds. The van der Waals surface area contributed by atoms with Crippen LogP contribution in [0.5, 0.6) is 17.2 Å². The summed E-state index contributed by atoms with van der Waals surface area (Å²) in [6, 6.07) is 13.3. The molecule has 120 valence electrons. The van der Waals surface area contributed by atoms with Crippen molar-refractivity contribution in [3.8, 4) is 17.2 Å². The lowest BCUT2D eigenvalue weighted by molar-refractivity contribution is 0.306. The predicted molar refractivity (Wildman–Crippen MR) is 91.3 cm³/mol. The fourth-order valence-corrected chi connectivity index (χ4v) is 2.69.